The van der Waals surface area contributed by atoms with Gasteiger partial charge in [-0.2, -0.15) is 0 Å². The lowest BCUT2D eigenvalue weighted by Crippen LogP contribution is -2.56. The first-order valence-electron chi connectivity index (χ1n) is 8.67. The summed E-state index contributed by atoms with van der Waals surface area (Å²) in [5, 5.41) is 3.68. The van der Waals surface area contributed by atoms with Crippen LogP contribution in [-0.4, -0.2) is 62.2 Å². The Morgan fingerprint density at radius 2 is 1.85 bits per heavy atom. The van der Waals surface area contributed by atoms with E-state index in [1.807, 2.05) is 0 Å². The zero-order valence-corrected chi connectivity index (χ0v) is 14.1. The van der Waals surface area contributed by atoms with Gasteiger partial charge in [0.15, 0.2) is 0 Å². The predicted octanol–water partition coefficient (Wildman–Crippen LogP) is 2.57. The van der Waals surface area contributed by atoms with E-state index in [0.717, 1.165) is 18.5 Å². The minimum atomic E-state index is 0.478. The minimum absolute atomic E-state index is 0.478. The number of rotatable bonds is 8. The maximum absolute atomic E-state index is 3.68. The highest BCUT2D eigenvalue weighted by Gasteiger charge is 2.39. The highest BCUT2D eigenvalue weighted by atomic mass is 15.2. The molecule has 0 radical (unpaired) electrons. The van der Waals surface area contributed by atoms with Crippen molar-refractivity contribution in [3.05, 3.63) is 0 Å². The van der Waals surface area contributed by atoms with E-state index >= 15 is 0 Å². The third-order valence-corrected chi connectivity index (χ3v) is 5.80. The Morgan fingerprint density at radius 3 is 2.40 bits per heavy atom. The smallest absolute Gasteiger partial charge is 0.0330 e. The minimum Gasteiger partial charge on any atom is -0.314 e. The summed E-state index contributed by atoms with van der Waals surface area (Å²) < 4.78 is 0. The molecule has 2 aliphatic carbocycles. The molecule has 2 unspecified atom stereocenters. The van der Waals surface area contributed by atoms with Crippen molar-refractivity contribution in [2.45, 2.75) is 63.5 Å². The lowest BCUT2D eigenvalue weighted by atomic mass is 9.75. The van der Waals surface area contributed by atoms with E-state index in [-0.39, 0.29) is 0 Å². The average Bonchev–Trinajstić information content (AvgIpc) is 2.79. The van der Waals surface area contributed by atoms with Gasteiger partial charge in [0.05, 0.1) is 0 Å². The molecule has 1 N–H and O–H groups in total. The van der Waals surface area contributed by atoms with Gasteiger partial charge in [-0.3, -0.25) is 0 Å². The van der Waals surface area contributed by atoms with E-state index in [4.69, 9.17) is 0 Å². The van der Waals surface area contributed by atoms with Crippen molar-refractivity contribution in [2.75, 3.05) is 40.8 Å². The number of hydrogen-bond donors (Lipinski definition) is 1. The van der Waals surface area contributed by atoms with Gasteiger partial charge in [-0.15, -0.1) is 0 Å². The van der Waals surface area contributed by atoms with Crippen LogP contribution in [0.25, 0.3) is 0 Å². The van der Waals surface area contributed by atoms with Crippen molar-refractivity contribution in [2.24, 2.45) is 5.92 Å². The molecule has 0 aromatic carbocycles. The molecule has 0 spiro atoms. The van der Waals surface area contributed by atoms with Gasteiger partial charge in [0.25, 0.3) is 0 Å². The number of hydrogen-bond acceptors (Lipinski definition) is 3. The molecule has 2 fully saturated rings. The lowest BCUT2D eigenvalue weighted by Gasteiger charge is -2.49. The van der Waals surface area contributed by atoms with Crippen LogP contribution in [0.2, 0.25) is 0 Å². The van der Waals surface area contributed by atoms with Crippen LogP contribution in [0.5, 0.6) is 0 Å². The van der Waals surface area contributed by atoms with Crippen molar-refractivity contribution in [1.29, 1.82) is 0 Å². The highest BCUT2D eigenvalue weighted by Crippen LogP contribution is 2.37. The van der Waals surface area contributed by atoms with E-state index in [9.17, 15) is 0 Å². The molecule has 118 valence electrons. The first-order valence-corrected chi connectivity index (χ1v) is 8.67. The Labute approximate surface area is 126 Å². The molecular formula is C17H35N3. The van der Waals surface area contributed by atoms with Crippen molar-refractivity contribution in [3.63, 3.8) is 0 Å². The van der Waals surface area contributed by atoms with Crippen LogP contribution in [0.15, 0.2) is 0 Å². The molecule has 0 amide bonds. The SMILES string of the molecule is CCNC1CCCC1CCN(C)CC1(N(C)C)CCC1. The van der Waals surface area contributed by atoms with Crippen LogP contribution in [0.1, 0.15) is 51.9 Å². The van der Waals surface area contributed by atoms with E-state index in [2.05, 4.69) is 43.2 Å². The molecule has 2 rings (SSSR count). The Bertz CT molecular complexity index is 286. The Morgan fingerprint density at radius 1 is 1.10 bits per heavy atom. The molecule has 0 aliphatic heterocycles. The van der Waals surface area contributed by atoms with E-state index in [0.29, 0.717) is 5.54 Å². The van der Waals surface area contributed by atoms with Crippen LogP contribution in [0.4, 0.5) is 0 Å². The average molecular weight is 281 g/mol. The molecule has 0 heterocycles. The van der Waals surface area contributed by atoms with Crippen LogP contribution >= 0.6 is 0 Å². The molecular weight excluding hydrogens is 246 g/mol. The fraction of sp³-hybridized carbons (Fsp3) is 1.00. The molecule has 0 aromatic rings. The summed E-state index contributed by atoms with van der Waals surface area (Å²) in [6, 6.07) is 0.792. The predicted molar refractivity (Wildman–Crippen MR) is 87.2 cm³/mol. The van der Waals surface area contributed by atoms with E-state index in [1.54, 1.807) is 0 Å². The molecule has 2 aliphatic rings. The quantitative estimate of drug-likeness (QED) is 0.738. The third-order valence-electron chi connectivity index (χ3n) is 5.80. The van der Waals surface area contributed by atoms with Gasteiger partial charge in [-0.25, -0.2) is 0 Å². The monoisotopic (exact) mass is 281 g/mol. The van der Waals surface area contributed by atoms with Gasteiger partial charge in [0.2, 0.25) is 0 Å². The second-order valence-electron chi connectivity index (χ2n) is 7.35. The van der Waals surface area contributed by atoms with Gasteiger partial charge in [0, 0.05) is 18.1 Å². The standard InChI is InChI=1S/C17H35N3/c1-5-18-16-9-6-8-15(16)10-13-20(4)14-17(19(2)3)11-7-12-17/h15-16,18H,5-14H2,1-4H3. The molecule has 0 aromatic heterocycles. The second kappa shape index (κ2) is 7.24. The van der Waals surface area contributed by atoms with Gasteiger partial charge in [0.1, 0.15) is 0 Å². The molecule has 0 bridgehead atoms. The fourth-order valence-electron chi connectivity index (χ4n) is 4.21. The summed E-state index contributed by atoms with van der Waals surface area (Å²) in [6.07, 6.45) is 9.80. The fourth-order valence-corrected chi connectivity index (χ4v) is 4.21. The first kappa shape index (κ1) is 16.3. The zero-order valence-electron chi connectivity index (χ0n) is 14.1. The Balaban J connectivity index is 1.73. The van der Waals surface area contributed by atoms with Gasteiger partial charge in [-0.1, -0.05) is 13.3 Å². The van der Waals surface area contributed by atoms with Crippen LogP contribution in [-0.2, 0) is 0 Å². The molecule has 2 atom stereocenters. The maximum Gasteiger partial charge on any atom is 0.0330 e. The number of likely N-dealkylation sites (N-methyl/N-ethyl adjacent to an activating group) is 2. The van der Waals surface area contributed by atoms with Gasteiger partial charge in [-0.05, 0) is 78.7 Å². The van der Waals surface area contributed by atoms with Gasteiger partial charge >= 0.3 is 0 Å². The van der Waals surface area contributed by atoms with Crippen LogP contribution in [0.3, 0.4) is 0 Å². The summed E-state index contributed by atoms with van der Waals surface area (Å²) >= 11 is 0. The Hall–Kier alpha value is -0.120. The molecule has 20 heavy (non-hydrogen) atoms. The number of nitrogens with one attached hydrogen (secondary N) is 1. The van der Waals surface area contributed by atoms with Crippen LogP contribution < -0.4 is 5.32 Å². The first-order chi connectivity index (χ1) is 9.57. The molecule has 3 heteroatoms. The zero-order chi connectivity index (χ0) is 14.6. The van der Waals surface area contributed by atoms with E-state index < -0.39 is 0 Å². The lowest BCUT2D eigenvalue weighted by molar-refractivity contribution is 0.0264. The van der Waals surface area contributed by atoms with Gasteiger partial charge < -0.3 is 15.1 Å². The number of nitrogens with zero attached hydrogens (tertiary/aromatic N) is 2. The van der Waals surface area contributed by atoms with Crippen molar-refractivity contribution < 1.29 is 0 Å². The second-order valence-corrected chi connectivity index (χ2v) is 7.35. The summed E-state index contributed by atoms with van der Waals surface area (Å²) in [5.41, 5.74) is 0.478. The van der Waals surface area contributed by atoms with E-state index in [1.165, 1.54) is 58.0 Å². The normalized spacial score (nSPS) is 29.1. The van der Waals surface area contributed by atoms with Crippen molar-refractivity contribution >= 4 is 0 Å². The van der Waals surface area contributed by atoms with Crippen molar-refractivity contribution in [1.82, 2.24) is 15.1 Å². The van der Waals surface area contributed by atoms with Crippen LogP contribution in [0, 0.1) is 5.92 Å². The summed E-state index contributed by atoms with van der Waals surface area (Å²) in [7, 11) is 6.83. The highest BCUT2D eigenvalue weighted by molar-refractivity contribution is 4.98. The molecule has 0 saturated heterocycles. The summed E-state index contributed by atoms with van der Waals surface area (Å²) in [4.78, 5) is 5.05. The summed E-state index contributed by atoms with van der Waals surface area (Å²) in [6.45, 7) is 5.88. The molecule has 2 saturated carbocycles. The van der Waals surface area contributed by atoms with Crippen molar-refractivity contribution in [3.8, 4) is 0 Å². The topological polar surface area (TPSA) is 18.5 Å². The largest absolute Gasteiger partial charge is 0.314 e. The third kappa shape index (κ3) is 3.75. The molecule has 3 nitrogen and oxygen atoms in total. The Kier molecular flexibility index (Phi) is 5.88. The maximum atomic E-state index is 3.68. The summed E-state index contributed by atoms with van der Waals surface area (Å²) in [5.74, 6) is 0.911.